The number of carbonyl (C=O) groups excluding carboxylic acids is 2. The molecule has 0 fully saturated rings. The number of unbranched alkanes of at least 4 members (excludes halogenated alkanes) is 2. The molecule has 15 heavy (non-hydrogen) atoms. The highest BCUT2D eigenvalue weighted by molar-refractivity contribution is 5.85. The third kappa shape index (κ3) is 5.00. The Morgan fingerprint density at radius 3 is 3.00 bits per heavy atom. The molecule has 1 aliphatic heterocycles. The predicted molar refractivity (Wildman–Crippen MR) is 56.1 cm³/mol. The second kappa shape index (κ2) is 6.81. The van der Waals surface area contributed by atoms with Gasteiger partial charge in [0.25, 0.3) is 0 Å². The van der Waals surface area contributed by atoms with Crippen LogP contribution in [0.2, 0.25) is 0 Å². The van der Waals surface area contributed by atoms with Gasteiger partial charge in [-0.15, -0.1) is 0 Å². The Balaban J connectivity index is 1.97. The first kappa shape index (κ1) is 11.5. The lowest BCUT2D eigenvalue weighted by Gasteiger charge is -2.04. The van der Waals surface area contributed by atoms with Crippen molar-refractivity contribution in [3.8, 4) is 0 Å². The van der Waals surface area contributed by atoms with Crippen molar-refractivity contribution in [3.05, 3.63) is 23.9 Å². The molecular formula is C11H15NO3. The van der Waals surface area contributed by atoms with E-state index in [0.717, 1.165) is 37.8 Å². The molecule has 0 aliphatic carbocycles. The lowest BCUT2D eigenvalue weighted by molar-refractivity contribution is -0.135. The Labute approximate surface area is 89.0 Å². The minimum atomic E-state index is -0.272. The lowest BCUT2D eigenvalue weighted by Crippen LogP contribution is -2.15. The summed E-state index contributed by atoms with van der Waals surface area (Å²) in [5.41, 5.74) is 0.850. The Morgan fingerprint density at radius 1 is 1.47 bits per heavy atom. The van der Waals surface area contributed by atoms with Gasteiger partial charge in [-0.2, -0.15) is 0 Å². The third-order valence-electron chi connectivity index (χ3n) is 2.03. The molecule has 0 amide bonds. The second-order valence-corrected chi connectivity index (χ2v) is 3.26. The summed E-state index contributed by atoms with van der Waals surface area (Å²) in [6.07, 6.45) is 8.58. The number of allylic oxidation sites excluding steroid dienone is 2. The van der Waals surface area contributed by atoms with Crippen molar-refractivity contribution in [2.45, 2.75) is 19.3 Å². The van der Waals surface area contributed by atoms with E-state index in [2.05, 4.69) is 5.32 Å². The number of hydrogen-bond donors (Lipinski definition) is 1. The van der Waals surface area contributed by atoms with E-state index in [-0.39, 0.29) is 5.97 Å². The van der Waals surface area contributed by atoms with E-state index in [4.69, 9.17) is 4.74 Å². The zero-order chi connectivity index (χ0) is 10.9. The van der Waals surface area contributed by atoms with Crippen molar-refractivity contribution >= 4 is 12.3 Å². The molecule has 0 saturated heterocycles. The number of esters is 1. The molecule has 1 rings (SSSR count). The van der Waals surface area contributed by atoms with Gasteiger partial charge in [0.2, 0.25) is 0 Å². The topological polar surface area (TPSA) is 55.4 Å². The van der Waals surface area contributed by atoms with Crippen LogP contribution in [-0.4, -0.2) is 25.4 Å². The van der Waals surface area contributed by atoms with E-state index in [9.17, 15) is 9.59 Å². The minimum Gasteiger partial charge on any atom is -0.456 e. The molecule has 4 heteroatoms. The van der Waals surface area contributed by atoms with Gasteiger partial charge in [0.15, 0.2) is 0 Å². The second-order valence-electron chi connectivity index (χ2n) is 3.26. The highest BCUT2D eigenvalue weighted by Gasteiger charge is 2.11. The van der Waals surface area contributed by atoms with E-state index in [0.29, 0.717) is 6.61 Å². The molecule has 0 aromatic carbocycles. The van der Waals surface area contributed by atoms with E-state index < -0.39 is 0 Å². The summed E-state index contributed by atoms with van der Waals surface area (Å²) in [6, 6.07) is 0. The first-order chi connectivity index (χ1) is 7.33. The zero-order valence-corrected chi connectivity index (χ0v) is 8.57. The van der Waals surface area contributed by atoms with Gasteiger partial charge in [-0.3, -0.25) is 4.79 Å². The fourth-order valence-electron chi connectivity index (χ4n) is 1.26. The summed E-state index contributed by atoms with van der Waals surface area (Å²) in [5.74, 6) is -0.272. The molecule has 0 atom stereocenters. The minimum absolute atomic E-state index is 0.272. The normalized spacial score (nSPS) is 15.2. The van der Waals surface area contributed by atoms with E-state index in [1.54, 1.807) is 0 Å². The molecule has 0 unspecified atom stereocenters. The number of aldehydes is 1. The van der Waals surface area contributed by atoms with Crippen LogP contribution in [-0.2, 0) is 14.3 Å². The first-order valence-electron chi connectivity index (χ1n) is 5.04. The van der Waals surface area contributed by atoms with Gasteiger partial charge in [0.1, 0.15) is 12.9 Å². The average molecular weight is 209 g/mol. The monoisotopic (exact) mass is 209 g/mol. The lowest BCUT2D eigenvalue weighted by atomic mass is 10.2. The molecule has 82 valence electrons. The molecular weight excluding hydrogens is 194 g/mol. The Morgan fingerprint density at radius 2 is 2.33 bits per heavy atom. The quantitative estimate of drug-likeness (QED) is 0.293. The summed E-state index contributed by atoms with van der Waals surface area (Å²) in [4.78, 5) is 20.6. The van der Waals surface area contributed by atoms with Gasteiger partial charge in [0, 0.05) is 12.6 Å². The standard InChI is InChI=1S/C11H15NO3/c13-7-5-3-1-2-4-6-12-10-8-11(14)15-9-10/h3,5,7-8,12H,1-2,4,6,9H2/b5-3-. The van der Waals surface area contributed by atoms with Crippen LogP contribution in [0, 0.1) is 0 Å². The van der Waals surface area contributed by atoms with Crippen molar-refractivity contribution < 1.29 is 14.3 Å². The van der Waals surface area contributed by atoms with Crippen molar-refractivity contribution in [3.63, 3.8) is 0 Å². The predicted octanol–water partition coefficient (Wildman–Crippen LogP) is 0.942. The van der Waals surface area contributed by atoms with Gasteiger partial charge in [0.05, 0.1) is 5.70 Å². The summed E-state index contributed by atoms with van der Waals surface area (Å²) in [7, 11) is 0. The van der Waals surface area contributed by atoms with E-state index in [1.807, 2.05) is 6.08 Å². The fourth-order valence-corrected chi connectivity index (χ4v) is 1.26. The maximum absolute atomic E-state index is 10.7. The molecule has 1 heterocycles. The number of ether oxygens (including phenoxy) is 1. The van der Waals surface area contributed by atoms with Gasteiger partial charge in [-0.25, -0.2) is 4.79 Å². The first-order valence-corrected chi connectivity index (χ1v) is 5.04. The molecule has 0 bridgehead atoms. The van der Waals surface area contributed by atoms with Crippen LogP contribution in [0.1, 0.15) is 19.3 Å². The molecule has 4 nitrogen and oxygen atoms in total. The maximum Gasteiger partial charge on any atom is 0.333 e. The summed E-state index contributed by atoms with van der Waals surface area (Å²) >= 11 is 0. The summed E-state index contributed by atoms with van der Waals surface area (Å²) in [6.45, 7) is 1.20. The molecule has 0 radical (unpaired) electrons. The smallest absolute Gasteiger partial charge is 0.333 e. The van der Waals surface area contributed by atoms with E-state index >= 15 is 0 Å². The van der Waals surface area contributed by atoms with E-state index in [1.165, 1.54) is 12.2 Å². The average Bonchev–Trinajstić information content (AvgIpc) is 2.63. The van der Waals surface area contributed by atoms with Crippen LogP contribution in [0.3, 0.4) is 0 Å². The van der Waals surface area contributed by atoms with Crippen molar-refractivity contribution in [2.24, 2.45) is 0 Å². The van der Waals surface area contributed by atoms with Gasteiger partial charge in [-0.1, -0.05) is 6.08 Å². The van der Waals surface area contributed by atoms with Crippen LogP contribution in [0.15, 0.2) is 23.9 Å². The van der Waals surface area contributed by atoms with Crippen LogP contribution in [0.5, 0.6) is 0 Å². The van der Waals surface area contributed by atoms with Gasteiger partial charge >= 0.3 is 5.97 Å². The third-order valence-corrected chi connectivity index (χ3v) is 2.03. The summed E-state index contributed by atoms with van der Waals surface area (Å²) in [5, 5.41) is 3.12. The largest absolute Gasteiger partial charge is 0.456 e. The highest BCUT2D eigenvalue weighted by atomic mass is 16.5. The van der Waals surface area contributed by atoms with Crippen LogP contribution < -0.4 is 5.32 Å². The molecule has 0 saturated carbocycles. The molecule has 0 spiro atoms. The molecule has 1 N–H and O–H groups in total. The maximum atomic E-state index is 10.7. The number of carbonyl (C=O) groups is 2. The van der Waals surface area contributed by atoms with Crippen molar-refractivity contribution in [1.82, 2.24) is 5.32 Å². The van der Waals surface area contributed by atoms with Crippen molar-refractivity contribution in [2.75, 3.05) is 13.2 Å². The molecule has 0 aromatic rings. The Hall–Kier alpha value is -1.58. The summed E-state index contributed by atoms with van der Waals surface area (Å²) < 4.78 is 4.73. The SMILES string of the molecule is O=C/C=C\CCCCNC1=CC(=O)OC1. The van der Waals surface area contributed by atoms with Crippen molar-refractivity contribution in [1.29, 1.82) is 0 Å². The fraction of sp³-hybridized carbons (Fsp3) is 0.455. The highest BCUT2D eigenvalue weighted by Crippen LogP contribution is 2.02. The molecule has 0 aromatic heterocycles. The Kier molecular flexibility index (Phi) is 5.22. The number of nitrogens with one attached hydrogen (secondary N) is 1. The van der Waals surface area contributed by atoms with Gasteiger partial charge < -0.3 is 10.1 Å². The molecule has 1 aliphatic rings. The number of hydrogen-bond acceptors (Lipinski definition) is 4. The number of rotatable bonds is 7. The van der Waals surface area contributed by atoms with Crippen LogP contribution in [0.25, 0.3) is 0 Å². The zero-order valence-electron chi connectivity index (χ0n) is 8.57. The van der Waals surface area contributed by atoms with Gasteiger partial charge in [-0.05, 0) is 25.3 Å². The van der Waals surface area contributed by atoms with Crippen LogP contribution in [0.4, 0.5) is 0 Å². The number of cyclic esters (lactones) is 1. The van der Waals surface area contributed by atoms with Crippen LogP contribution >= 0.6 is 0 Å². The Bertz CT molecular complexity index is 282.